The van der Waals surface area contributed by atoms with Crippen LogP contribution in [0.1, 0.15) is 12.0 Å². The summed E-state index contributed by atoms with van der Waals surface area (Å²) in [6.07, 6.45) is 0.822. The van der Waals surface area contributed by atoms with Gasteiger partial charge in [0.05, 0.1) is 4.90 Å². The molecule has 2 saturated heterocycles. The molecule has 2 unspecified atom stereocenters. The Kier molecular flexibility index (Phi) is 3.62. The first-order chi connectivity index (χ1) is 11.4. The Hall–Kier alpha value is -1.92. The van der Waals surface area contributed by atoms with Crippen molar-refractivity contribution in [2.45, 2.75) is 30.3 Å². The Labute approximate surface area is 141 Å². The van der Waals surface area contributed by atoms with E-state index in [0.29, 0.717) is 18.0 Å². The Balaban J connectivity index is 1.55. The fourth-order valence-corrected chi connectivity index (χ4v) is 5.38. The van der Waals surface area contributed by atoms with E-state index in [2.05, 4.69) is 4.90 Å². The second-order valence-electron chi connectivity index (χ2n) is 6.56. The van der Waals surface area contributed by atoms with E-state index in [0.717, 1.165) is 17.7 Å². The molecule has 2 aliphatic heterocycles. The average molecular weight is 346 g/mol. The summed E-state index contributed by atoms with van der Waals surface area (Å²) in [5.74, 6) is -0.258. The third-order valence-electron chi connectivity index (χ3n) is 4.98. The number of halogens is 1. The number of rotatable bonds is 3. The zero-order chi connectivity index (χ0) is 16.9. The van der Waals surface area contributed by atoms with Gasteiger partial charge in [-0.15, -0.1) is 0 Å². The maximum absolute atomic E-state index is 13.1. The van der Waals surface area contributed by atoms with Crippen LogP contribution in [0.15, 0.2) is 53.4 Å². The maximum atomic E-state index is 13.1. The predicted molar refractivity (Wildman–Crippen MR) is 91.0 cm³/mol. The van der Waals surface area contributed by atoms with E-state index in [-0.39, 0.29) is 17.9 Å². The van der Waals surface area contributed by atoms with Gasteiger partial charge >= 0.3 is 0 Å². The second-order valence-corrected chi connectivity index (χ2v) is 8.45. The minimum atomic E-state index is -3.45. The molecule has 0 N–H and O–H groups in total. The van der Waals surface area contributed by atoms with Crippen molar-refractivity contribution < 1.29 is 12.8 Å². The third-order valence-corrected chi connectivity index (χ3v) is 6.91. The quantitative estimate of drug-likeness (QED) is 0.858. The smallest absolute Gasteiger partial charge is 0.243 e. The van der Waals surface area contributed by atoms with Crippen LogP contribution in [0.4, 0.5) is 10.1 Å². The SMILES string of the molecule is Cc1ccc(S(=O)(=O)N2CC3CC2CN3c2ccc(F)cc2)cc1. The van der Waals surface area contributed by atoms with Crippen molar-refractivity contribution >= 4 is 15.7 Å². The molecule has 4 nitrogen and oxygen atoms in total. The summed E-state index contributed by atoms with van der Waals surface area (Å²) in [7, 11) is -3.45. The highest BCUT2D eigenvalue weighted by Gasteiger charge is 2.48. The number of anilines is 1. The third kappa shape index (κ3) is 2.50. The van der Waals surface area contributed by atoms with E-state index in [1.54, 1.807) is 28.6 Å². The van der Waals surface area contributed by atoms with Crippen LogP contribution in [0.3, 0.4) is 0 Å². The zero-order valence-corrected chi connectivity index (χ0v) is 14.2. The van der Waals surface area contributed by atoms with Crippen LogP contribution in [0.25, 0.3) is 0 Å². The number of hydrogen-bond donors (Lipinski definition) is 0. The molecule has 2 aliphatic rings. The minimum Gasteiger partial charge on any atom is -0.366 e. The highest BCUT2D eigenvalue weighted by atomic mass is 32.2. The molecule has 2 atom stereocenters. The number of nitrogens with zero attached hydrogens (tertiary/aromatic N) is 2. The number of piperazine rings is 1. The first kappa shape index (κ1) is 15.6. The molecule has 4 rings (SSSR count). The summed E-state index contributed by atoms with van der Waals surface area (Å²) < 4.78 is 40.5. The number of aryl methyl sites for hydroxylation is 1. The lowest BCUT2D eigenvalue weighted by Gasteiger charge is -2.35. The maximum Gasteiger partial charge on any atom is 0.243 e. The molecule has 0 amide bonds. The lowest BCUT2D eigenvalue weighted by Crippen LogP contribution is -2.48. The van der Waals surface area contributed by atoms with Gasteiger partial charge in [-0.25, -0.2) is 12.8 Å². The van der Waals surface area contributed by atoms with Crippen molar-refractivity contribution in [3.63, 3.8) is 0 Å². The summed E-state index contributed by atoms with van der Waals surface area (Å²) in [4.78, 5) is 2.54. The predicted octanol–water partition coefficient (Wildman–Crippen LogP) is 2.79. The summed E-state index contributed by atoms with van der Waals surface area (Å²) in [5, 5.41) is 0. The van der Waals surface area contributed by atoms with E-state index >= 15 is 0 Å². The second kappa shape index (κ2) is 5.57. The van der Waals surface area contributed by atoms with Gasteiger partial charge in [0.2, 0.25) is 10.0 Å². The number of benzene rings is 2. The fourth-order valence-electron chi connectivity index (χ4n) is 3.72. The minimum absolute atomic E-state index is 0.0219. The molecule has 2 aromatic carbocycles. The number of sulfonamides is 1. The molecule has 24 heavy (non-hydrogen) atoms. The van der Waals surface area contributed by atoms with Crippen LogP contribution in [0, 0.1) is 12.7 Å². The van der Waals surface area contributed by atoms with Crippen molar-refractivity contribution in [1.29, 1.82) is 0 Å². The Bertz CT molecular complexity index is 850. The van der Waals surface area contributed by atoms with Crippen LogP contribution in [-0.2, 0) is 10.0 Å². The molecule has 2 bridgehead atoms. The Morgan fingerprint density at radius 2 is 1.62 bits per heavy atom. The Morgan fingerprint density at radius 3 is 2.21 bits per heavy atom. The van der Waals surface area contributed by atoms with Crippen LogP contribution in [0.5, 0.6) is 0 Å². The normalized spacial score (nSPS) is 23.8. The lowest BCUT2D eigenvalue weighted by molar-refractivity contribution is 0.368. The van der Waals surface area contributed by atoms with Gasteiger partial charge in [-0.2, -0.15) is 4.31 Å². The van der Waals surface area contributed by atoms with Gasteiger partial charge in [-0.05, 0) is 49.7 Å². The van der Waals surface area contributed by atoms with Crippen molar-refractivity contribution in [3.8, 4) is 0 Å². The van der Waals surface area contributed by atoms with E-state index in [1.165, 1.54) is 12.1 Å². The molecule has 0 aliphatic carbocycles. The van der Waals surface area contributed by atoms with Crippen molar-refractivity contribution in [3.05, 3.63) is 59.9 Å². The monoisotopic (exact) mass is 346 g/mol. The lowest BCUT2D eigenvalue weighted by atomic mass is 10.2. The summed E-state index contributed by atoms with van der Waals surface area (Å²) in [6.45, 7) is 3.08. The summed E-state index contributed by atoms with van der Waals surface area (Å²) >= 11 is 0. The number of hydrogen-bond acceptors (Lipinski definition) is 3. The molecular formula is C18H19FN2O2S. The van der Waals surface area contributed by atoms with E-state index < -0.39 is 10.0 Å². The zero-order valence-electron chi connectivity index (χ0n) is 13.4. The standard InChI is InChI=1S/C18H19FN2O2S/c1-13-2-8-18(9-3-13)24(22,23)21-12-16-10-17(21)11-20(16)15-6-4-14(19)5-7-15/h2-9,16-17H,10-12H2,1H3. The molecule has 0 aromatic heterocycles. The molecule has 2 heterocycles. The molecule has 6 heteroatoms. The van der Waals surface area contributed by atoms with E-state index in [1.807, 2.05) is 19.1 Å². The van der Waals surface area contributed by atoms with Crippen molar-refractivity contribution in [1.82, 2.24) is 4.31 Å². The fraction of sp³-hybridized carbons (Fsp3) is 0.333. The molecule has 0 saturated carbocycles. The highest BCUT2D eigenvalue weighted by Crippen LogP contribution is 2.37. The highest BCUT2D eigenvalue weighted by molar-refractivity contribution is 7.89. The largest absolute Gasteiger partial charge is 0.366 e. The van der Waals surface area contributed by atoms with Gasteiger partial charge in [-0.1, -0.05) is 17.7 Å². The summed E-state index contributed by atoms with van der Waals surface area (Å²) in [6, 6.07) is 13.5. The van der Waals surface area contributed by atoms with E-state index in [4.69, 9.17) is 0 Å². The first-order valence-electron chi connectivity index (χ1n) is 8.06. The Morgan fingerprint density at radius 1 is 0.958 bits per heavy atom. The van der Waals surface area contributed by atoms with Gasteiger partial charge in [0.25, 0.3) is 0 Å². The van der Waals surface area contributed by atoms with Crippen LogP contribution in [0.2, 0.25) is 0 Å². The number of fused-ring (bicyclic) bond motifs is 2. The summed E-state index contributed by atoms with van der Waals surface area (Å²) in [5.41, 5.74) is 2.00. The van der Waals surface area contributed by atoms with Crippen molar-refractivity contribution in [2.75, 3.05) is 18.0 Å². The molecule has 2 fully saturated rings. The average Bonchev–Trinajstić information content (AvgIpc) is 3.17. The molecule has 126 valence electrons. The van der Waals surface area contributed by atoms with Gasteiger partial charge in [0, 0.05) is 30.9 Å². The van der Waals surface area contributed by atoms with Gasteiger partial charge in [-0.3, -0.25) is 0 Å². The van der Waals surface area contributed by atoms with E-state index in [9.17, 15) is 12.8 Å². The molecular weight excluding hydrogens is 327 g/mol. The molecule has 0 spiro atoms. The topological polar surface area (TPSA) is 40.6 Å². The van der Waals surface area contributed by atoms with Gasteiger partial charge in [0.1, 0.15) is 5.82 Å². The molecule has 2 aromatic rings. The van der Waals surface area contributed by atoms with Crippen LogP contribution >= 0.6 is 0 Å². The van der Waals surface area contributed by atoms with Crippen LogP contribution in [-0.4, -0.2) is 37.9 Å². The van der Waals surface area contributed by atoms with Gasteiger partial charge < -0.3 is 4.90 Å². The van der Waals surface area contributed by atoms with Crippen molar-refractivity contribution in [2.24, 2.45) is 0 Å². The van der Waals surface area contributed by atoms with Crippen LogP contribution < -0.4 is 4.90 Å². The van der Waals surface area contributed by atoms with Gasteiger partial charge in [0.15, 0.2) is 0 Å². The molecule has 0 radical (unpaired) electrons. The first-order valence-corrected chi connectivity index (χ1v) is 9.50.